The van der Waals surface area contributed by atoms with E-state index < -0.39 is 0 Å². The maximum absolute atomic E-state index is 10.9. The summed E-state index contributed by atoms with van der Waals surface area (Å²) < 4.78 is 1.03. The average Bonchev–Trinajstić information content (AvgIpc) is 2.39. The monoisotopic (exact) mass is 292 g/mol. The molecule has 0 fully saturated rings. The number of benzene rings is 1. The largest absolute Gasteiger partial charge is 0.370 e. The van der Waals surface area contributed by atoms with E-state index in [0.29, 0.717) is 12.3 Å². The predicted octanol–water partition coefficient (Wildman–Crippen LogP) is 2.72. The Morgan fingerprint density at radius 1 is 1.41 bits per heavy atom. The van der Waals surface area contributed by atoms with Crippen LogP contribution >= 0.6 is 15.9 Å². The minimum Gasteiger partial charge on any atom is -0.370 e. The van der Waals surface area contributed by atoms with Gasteiger partial charge in [-0.15, -0.1) is 0 Å². The smallest absolute Gasteiger partial charge is 0.166 e. The zero-order valence-corrected chi connectivity index (χ0v) is 11.1. The highest BCUT2D eigenvalue weighted by atomic mass is 79.9. The molecule has 0 bridgehead atoms. The van der Waals surface area contributed by atoms with Gasteiger partial charge < -0.3 is 4.90 Å². The van der Waals surface area contributed by atoms with Crippen molar-refractivity contribution in [2.45, 2.75) is 6.92 Å². The lowest BCUT2D eigenvalue weighted by atomic mass is 10.1. The van der Waals surface area contributed by atoms with Crippen molar-refractivity contribution in [2.75, 3.05) is 13.1 Å². The molecule has 0 aromatic heterocycles. The third kappa shape index (κ3) is 2.82. The van der Waals surface area contributed by atoms with Crippen molar-refractivity contribution in [3.05, 3.63) is 40.5 Å². The second kappa shape index (κ2) is 5.27. The molecular weight excluding hydrogens is 280 g/mol. The lowest BCUT2D eigenvalue weighted by Gasteiger charge is -2.23. The number of nitrogens with zero attached hydrogens (tertiary/aromatic N) is 2. The second-order valence-electron chi connectivity index (χ2n) is 3.81. The van der Waals surface area contributed by atoms with E-state index in [-0.39, 0.29) is 0 Å². The van der Waals surface area contributed by atoms with Gasteiger partial charge in [-0.2, -0.15) is 0 Å². The van der Waals surface area contributed by atoms with E-state index in [2.05, 4.69) is 32.7 Å². The molecule has 1 aromatic rings. The quantitative estimate of drug-likeness (QED) is 0.803. The van der Waals surface area contributed by atoms with E-state index in [1.807, 2.05) is 30.5 Å². The fourth-order valence-electron chi connectivity index (χ4n) is 1.67. The molecule has 0 N–H and O–H groups in total. The predicted molar refractivity (Wildman–Crippen MR) is 72.9 cm³/mol. The fourth-order valence-corrected chi connectivity index (χ4v) is 1.94. The van der Waals surface area contributed by atoms with Crippen LogP contribution in [0.3, 0.4) is 0 Å². The summed E-state index contributed by atoms with van der Waals surface area (Å²) in [6, 6.07) is 7.91. The van der Waals surface area contributed by atoms with E-state index in [0.717, 1.165) is 28.6 Å². The highest BCUT2D eigenvalue weighted by Gasteiger charge is 2.12. The molecule has 1 heterocycles. The summed E-state index contributed by atoms with van der Waals surface area (Å²) in [4.78, 5) is 17.3. The maximum atomic E-state index is 10.9. The topological polar surface area (TPSA) is 32.7 Å². The van der Waals surface area contributed by atoms with Gasteiger partial charge >= 0.3 is 0 Å². The summed E-state index contributed by atoms with van der Waals surface area (Å²) in [5, 5.41) is 0. The number of carbonyl (C=O) groups is 1. The Labute approximate surface area is 109 Å². The van der Waals surface area contributed by atoms with Crippen molar-refractivity contribution in [1.82, 2.24) is 4.90 Å². The van der Waals surface area contributed by atoms with Crippen LogP contribution in [-0.2, 0) is 4.79 Å². The van der Waals surface area contributed by atoms with Crippen LogP contribution in [0.2, 0.25) is 0 Å². The molecule has 0 aliphatic carbocycles. The van der Waals surface area contributed by atoms with Gasteiger partial charge in [0, 0.05) is 22.8 Å². The fraction of sp³-hybridized carbons (Fsp3) is 0.231. The second-order valence-corrected chi connectivity index (χ2v) is 4.72. The molecule has 1 aliphatic rings. The highest BCUT2D eigenvalue weighted by Crippen LogP contribution is 2.22. The lowest BCUT2D eigenvalue weighted by Crippen LogP contribution is -2.28. The standard InChI is InChI=1S/C13H13BrN2O/c1-2-16-7-12(9-17)15-13(8-16)10-3-5-11(14)6-4-10/h3-6,8-9H,2,7H2,1H3. The number of carbonyl (C=O) groups excluding carboxylic acids is 1. The molecule has 0 spiro atoms. The summed E-state index contributed by atoms with van der Waals surface area (Å²) in [6.07, 6.45) is 2.82. The first-order valence-electron chi connectivity index (χ1n) is 5.47. The molecule has 0 saturated heterocycles. The molecule has 0 saturated carbocycles. The van der Waals surface area contributed by atoms with Crippen LogP contribution in [0.1, 0.15) is 12.5 Å². The molecule has 1 aromatic carbocycles. The van der Waals surface area contributed by atoms with Crippen LogP contribution in [0.15, 0.2) is 39.9 Å². The minimum atomic E-state index is 0.576. The van der Waals surface area contributed by atoms with Crippen molar-refractivity contribution >= 4 is 33.6 Å². The van der Waals surface area contributed by atoms with Crippen LogP contribution in [0.5, 0.6) is 0 Å². The van der Waals surface area contributed by atoms with Crippen molar-refractivity contribution in [1.29, 1.82) is 0 Å². The molecule has 0 atom stereocenters. The molecular formula is C13H13BrN2O. The number of rotatable bonds is 3. The van der Waals surface area contributed by atoms with E-state index in [4.69, 9.17) is 0 Å². The van der Waals surface area contributed by atoms with Crippen molar-refractivity contribution in [3.8, 4) is 0 Å². The van der Waals surface area contributed by atoms with Crippen LogP contribution < -0.4 is 0 Å². The molecule has 0 unspecified atom stereocenters. The van der Waals surface area contributed by atoms with Crippen LogP contribution in [0.25, 0.3) is 5.70 Å². The Morgan fingerprint density at radius 2 is 2.12 bits per heavy atom. The van der Waals surface area contributed by atoms with Crippen LogP contribution in [0.4, 0.5) is 0 Å². The highest BCUT2D eigenvalue weighted by molar-refractivity contribution is 9.10. The molecule has 88 valence electrons. The van der Waals surface area contributed by atoms with Gasteiger partial charge in [0.2, 0.25) is 0 Å². The van der Waals surface area contributed by atoms with E-state index in [1.165, 1.54) is 0 Å². The third-order valence-electron chi connectivity index (χ3n) is 2.62. The van der Waals surface area contributed by atoms with E-state index >= 15 is 0 Å². The molecule has 0 radical (unpaired) electrons. The molecule has 2 rings (SSSR count). The van der Waals surface area contributed by atoms with Crippen LogP contribution in [-0.4, -0.2) is 30.0 Å². The number of hydrogen-bond acceptors (Lipinski definition) is 3. The van der Waals surface area contributed by atoms with Gasteiger partial charge in [-0.1, -0.05) is 28.1 Å². The van der Waals surface area contributed by atoms with Crippen molar-refractivity contribution in [2.24, 2.45) is 4.99 Å². The van der Waals surface area contributed by atoms with Gasteiger partial charge in [0.15, 0.2) is 6.29 Å². The average molecular weight is 293 g/mol. The molecule has 17 heavy (non-hydrogen) atoms. The summed E-state index contributed by atoms with van der Waals surface area (Å²) in [6.45, 7) is 3.52. The van der Waals surface area contributed by atoms with Gasteiger partial charge in [-0.3, -0.25) is 4.79 Å². The molecule has 3 nitrogen and oxygen atoms in total. The van der Waals surface area contributed by atoms with Gasteiger partial charge in [-0.05, 0) is 19.1 Å². The summed E-state index contributed by atoms with van der Waals surface area (Å²) in [7, 11) is 0. The van der Waals surface area contributed by atoms with Gasteiger partial charge in [0.1, 0.15) is 5.71 Å². The Bertz CT molecular complexity index is 477. The molecule has 0 amide bonds. The zero-order valence-electron chi connectivity index (χ0n) is 9.56. The first kappa shape index (κ1) is 12.0. The van der Waals surface area contributed by atoms with Crippen molar-refractivity contribution < 1.29 is 4.79 Å². The number of halogens is 1. The van der Waals surface area contributed by atoms with Gasteiger partial charge in [0.05, 0.1) is 12.2 Å². The van der Waals surface area contributed by atoms with Crippen molar-refractivity contribution in [3.63, 3.8) is 0 Å². The number of aliphatic imine (C=N–C) groups is 1. The van der Waals surface area contributed by atoms with Crippen LogP contribution in [0, 0.1) is 0 Å². The Kier molecular flexibility index (Phi) is 3.74. The van der Waals surface area contributed by atoms with Gasteiger partial charge in [-0.25, -0.2) is 4.99 Å². The van der Waals surface area contributed by atoms with E-state index in [1.54, 1.807) is 0 Å². The molecule has 4 heteroatoms. The maximum Gasteiger partial charge on any atom is 0.166 e. The summed E-state index contributed by atoms with van der Waals surface area (Å²) in [5.41, 5.74) is 2.44. The Morgan fingerprint density at radius 3 is 2.71 bits per heavy atom. The summed E-state index contributed by atoms with van der Waals surface area (Å²) >= 11 is 3.40. The number of aldehydes is 1. The first-order chi connectivity index (χ1) is 8.22. The Hall–Kier alpha value is -1.42. The summed E-state index contributed by atoms with van der Waals surface area (Å²) in [5.74, 6) is 0. The minimum absolute atomic E-state index is 0.576. The number of hydrogen-bond donors (Lipinski definition) is 0. The SMILES string of the molecule is CCN1C=C(c2ccc(Br)cc2)N=C(C=O)C1. The van der Waals surface area contributed by atoms with E-state index in [9.17, 15) is 4.79 Å². The Balaban J connectivity index is 2.35. The third-order valence-corrected chi connectivity index (χ3v) is 3.14. The molecule has 1 aliphatic heterocycles. The normalized spacial score (nSPS) is 15.3. The zero-order chi connectivity index (χ0) is 12.3. The first-order valence-corrected chi connectivity index (χ1v) is 6.26. The lowest BCUT2D eigenvalue weighted by molar-refractivity contribution is -0.102. The van der Waals surface area contributed by atoms with Gasteiger partial charge in [0.25, 0.3) is 0 Å².